The van der Waals surface area contributed by atoms with Crippen LogP contribution in [0.15, 0.2) is 30.5 Å². The smallest absolute Gasteiger partial charge is 0.293 e. The van der Waals surface area contributed by atoms with Crippen molar-refractivity contribution >= 4 is 22.5 Å². The normalized spacial score (nSPS) is 12.3. The lowest BCUT2D eigenvalue weighted by Gasteiger charge is -2.13. The molecule has 0 spiro atoms. The predicted molar refractivity (Wildman–Crippen MR) is 81.1 cm³/mol. The lowest BCUT2D eigenvalue weighted by atomic mass is 10.2. The Bertz CT molecular complexity index is 663. The average Bonchev–Trinajstić information content (AvgIpc) is 2.81. The first-order chi connectivity index (χ1) is 10.0. The number of carbonyl (C=O) groups excluding carboxylic acids is 1. The molecule has 0 aliphatic carbocycles. The molecule has 0 saturated heterocycles. The molecule has 112 valence electrons. The van der Waals surface area contributed by atoms with E-state index in [9.17, 15) is 14.9 Å². The number of aromatic nitrogens is 1. The minimum absolute atomic E-state index is 0.0203. The van der Waals surface area contributed by atoms with Crippen LogP contribution >= 0.6 is 0 Å². The molecule has 1 atom stereocenters. The van der Waals surface area contributed by atoms with Gasteiger partial charge in [-0.3, -0.25) is 14.9 Å². The van der Waals surface area contributed by atoms with Crippen molar-refractivity contribution in [3.8, 4) is 0 Å². The van der Waals surface area contributed by atoms with E-state index in [1.807, 2.05) is 6.92 Å². The number of nitro benzene ring substituents is 1. The molecule has 0 bridgehead atoms. The number of non-ortho nitro benzene ring substituents is 1. The second-order valence-corrected chi connectivity index (χ2v) is 5.17. The number of nitrogens with zero attached hydrogens (tertiary/aromatic N) is 2. The highest BCUT2D eigenvalue weighted by molar-refractivity contribution is 5.90. The Kier molecular flexibility index (Phi) is 4.57. The zero-order valence-corrected chi connectivity index (χ0v) is 12.2. The van der Waals surface area contributed by atoms with Crippen LogP contribution < -0.4 is 5.32 Å². The summed E-state index contributed by atoms with van der Waals surface area (Å²) in [6.07, 6.45) is 3.62. The highest BCUT2D eigenvalue weighted by atomic mass is 16.6. The van der Waals surface area contributed by atoms with Gasteiger partial charge in [-0.15, -0.1) is 0 Å². The van der Waals surface area contributed by atoms with Crippen LogP contribution in [0.5, 0.6) is 0 Å². The van der Waals surface area contributed by atoms with Gasteiger partial charge in [-0.25, -0.2) is 0 Å². The van der Waals surface area contributed by atoms with Crippen molar-refractivity contribution in [2.75, 3.05) is 0 Å². The van der Waals surface area contributed by atoms with Crippen LogP contribution in [-0.2, 0) is 11.3 Å². The number of amides is 1. The number of benzene rings is 1. The first kappa shape index (κ1) is 15.0. The van der Waals surface area contributed by atoms with Crippen molar-refractivity contribution in [1.29, 1.82) is 0 Å². The third-order valence-electron chi connectivity index (χ3n) is 3.41. The van der Waals surface area contributed by atoms with Gasteiger partial charge < -0.3 is 9.88 Å². The monoisotopic (exact) mass is 289 g/mol. The Morgan fingerprint density at radius 3 is 2.86 bits per heavy atom. The quantitative estimate of drug-likeness (QED) is 0.656. The minimum atomic E-state index is -0.420. The van der Waals surface area contributed by atoms with E-state index >= 15 is 0 Å². The fraction of sp³-hybridized carbons (Fsp3) is 0.400. The van der Waals surface area contributed by atoms with Crippen LogP contribution in [0.3, 0.4) is 0 Å². The van der Waals surface area contributed by atoms with Crippen molar-refractivity contribution in [1.82, 2.24) is 9.88 Å². The maximum atomic E-state index is 12.0. The summed E-state index contributed by atoms with van der Waals surface area (Å²) >= 11 is 0. The average molecular weight is 289 g/mol. The summed E-state index contributed by atoms with van der Waals surface area (Å²) in [5.41, 5.74) is 0.507. The largest absolute Gasteiger partial charge is 0.352 e. The molecule has 1 N–H and O–H groups in total. The topological polar surface area (TPSA) is 77.2 Å². The zero-order chi connectivity index (χ0) is 15.4. The van der Waals surface area contributed by atoms with E-state index in [1.54, 1.807) is 29.0 Å². The van der Waals surface area contributed by atoms with Crippen molar-refractivity contribution in [2.45, 2.75) is 39.3 Å². The number of fused-ring (bicyclic) bond motifs is 1. The van der Waals surface area contributed by atoms with Gasteiger partial charge in [0, 0.05) is 23.7 Å². The third-order valence-corrected chi connectivity index (χ3v) is 3.41. The summed E-state index contributed by atoms with van der Waals surface area (Å²) < 4.78 is 1.63. The molecule has 0 aliphatic heterocycles. The van der Waals surface area contributed by atoms with E-state index in [2.05, 4.69) is 12.2 Å². The molecule has 2 rings (SSSR count). The summed E-state index contributed by atoms with van der Waals surface area (Å²) in [6.45, 7) is 4.10. The molecular formula is C15H19N3O3. The fourth-order valence-electron chi connectivity index (χ4n) is 2.50. The Morgan fingerprint density at radius 1 is 1.43 bits per heavy atom. The lowest BCUT2D eigenvalue weighted by molar-refractivity contribution is -0.383. The molecule has 21 heavy (non-hydrogen) atoms. The van der Waals surface area contributed by atoms with Crippen molar-refractivity contribution < 1.29 is 9.72 Å². The summed E-state index contributed by atoms with van der Waals surface area (Å²) in [5, 5.41) is 14.8. The predicted octanol–water partition coefficient (Wildman–Crippen LogP) is 2.85. The number of rotatable bonds is 6. The molecule has 6 heteroatoms. The molecule has 0 radical (unpaired) electrons. The Hall–Kier alpha value is -2.37. The number of carbonyl (C=O) groups is 1. The number of nitrogens with one attached hydrogen (secondary N) is 1. The van der Waals surface area contributed by atoms with Crippen LogP contribution in [0.4, 0.5) is 5.69 Å². The van der Waals surface area contributed by atoms with E-state index in [-0.39, 0.29) is 24.2 Å². The molecular weight excluding hydrogens is 270 g/mol. The maximum absolute atomic E-state index is 12.0. The van der Waals surface area contributed by atoms with Gasteiger partial charge in [0.15, 0.2) is 0 Å². The third kappa shape index (κ3) is 3.39. The van der Waals surface area contributed by atoms with E-state index < -0.39 is 4.92 Å². The van der Waals surface area contributed by atoms with Gasteiger partial charge in [-0.2, -0.15) is 0 Å². The second-order valence-electron chi connectivity index (χ2n) is 5.17. The molecule has 1 amide bonds. The van der Waals surface area contributed by atoms with Gasteiger partial charge in [0.2, 0.25) is 5.91 Å². The van der Waals surface area contributed by atoms with Gasteiger partial charge >= 0.3 is 0 Å². The molecule has 2 aromatic rings. The number of para-hydroxylation sites is 1. The van der Waals surface area contributed by atoms with Crippen molar-refractivity contribution in [3.05, 3.63) is 40.6 Å². The molecule has 0 aliphatic rings. The van der Waals surface area contributed by atoms with Gasteiger partial charge in [0.1, 0.15) is 12.1 Å². The lowest BCUT2D eigenvalue weighted by Crippen LogP contribution is -2.34. The van der Waals surface area contributed by atoms with Crippen LogP contribution in [0, 0.1) is 10.1 Å². The van der Waals surface area contributed by atoms with Crippen LogP contribution in [0.25, 0.3) is 10.9 Å². The molecule has 0 saturated carbocycles. The summed E-state index contributed by atoms with van der Waals surface area (Å²) in [4.78, 5) is 22.7. The molecule has 1 aromatic heterocycles. The summed E-state index contributed by atoms with van der Waals surface area (Å²) in [6, 6.07) is 6.80. The Labute approximate surface area is 122 Å². The maximum Gasteiger partial charge on any atom is 0.293 e. The van der Waals surface area contributed by atoms with E-state index in [1.165, 1.54) is 6.07 Å². The van der Waals surface area contributed by atoms with E-state index in [4.69, 9.17) is 0 Å². The standard InChI is InChI=1S/C15H19N3O3/c1-3-5-11(2)16-14(19)10-17-9-8-12-6-4-7-13(15(12)17)18(20)21/h4,6-9,11H,3,5,10H2,1-2H3,(H,16,19). The van der Waals surface area contributed by atoms with Crippen LogP contribution in [0.1, 0.15) is 26.7 Å². The zero-order valence-electron chi connectivity index (χ0n) is 12.2. The van der Waals surface area contributed by atoms with Gasteiger partial charge in [0.05, 0.1) is 4.92 Å². The van der Waals surface area contributed by atoms with Crippen molar-refractivity contribution in [2.24, 2.45) is 0 Å². The number of nitro groups is 1. The molecule has 1 unspecified atom stereocenters. The van der Waals surface area contributed by atoms with Crippen LogP contribution in [0.2, 0.25) is 0 Å². The number of hydrogen-bond donors (Lipinski definition) is 1. The Morgan fingerprint density at radius 2 is 2.19 bits per heavy atom. The van der Waals surface area contributed by atoms with Gasteiger partial charge in [-0.05, 0) is 19.4 Å². The fourth-order valence-corrected chi connectivity index (χ4v) is 2.50. The number of hydrogen-bond acceptors (Lipinski definition) is 3. The molecule has 1 aromatic carbocycles. The SMILES string of the molecule is CCCC(C)NC(=O)Cn1ccc2cccc([N+](=O)[O-])c21. The highest BCUT2D eigenvalue weighted by Gasteiger charge is 2.17. The molecule has 1 heterocycles. The van der Waals surface area contributed by atoms with E-state index in [0.29, 0.717) is 5.52 Å². The Balaban J connectivity index is 2.23. The summed E-state index contributed by atoms with van der Waals surface area (Å²) in [5.74, 6) is -0.133. The summed E-state index contributed by atoms with van der Waals surface area (Å²) in [7, 11) is 0. The molecule has 6 nitrogen and oxygen atoms in total. The first-order valence-corrected chi connectivity index (χ1v) is 7.04. The minimum Gasteiger partial charge on any atom is -0.352 e. The first-order valence-electron chi connectivity index (χ1n) is 7.04. The van der Waals surface area contributed by atoms with Crippen LogP contribution in [-0.4, -0.2) is 21.4 Å². The highest BCUT2D eigenvalue weighted by Crippen LogP contribution is 2.26. The van der Waals surface area contributed by atoms with E-state index in [0.717, 1.165) is 18.2 Å². The van der Waals surface area contributed by atoms with Gasteiger partial charge in [-0.1, -0.05) is 25.5 Å². The van der Waals surface area contributed by atoms with Gasteiger partial charge in [0.25, 0.3) is 5.69 Å². The van der Waals surface area contributed by atoms with Crippen molar-refractivity contribution in [3.63, 3.8) is 0 Å². The molecule has 0 fully saturated rings. The second kappa shape index (κ2) is 6.39.